The number of nitrogens with zero attached hydrogens (tertiary/aromatic N) is 1. The SMILES string of the molecule is Cc1ccc(NC(=O)COC(=O)C(NC(=O)c2ccc(Cl)cc2)C(C)C)cc1[N+](=O)[O-]. The minimum atomic E-state index is -0.976. The third-order valence-corrected chi connectivity index (χ3v) is 4.60. The van der Waals surface area contributed by atoms with Crippen molar-refractivity contribution in [2.45, 2.75) is 26.8 Å². The van der Waals surface area contributed by atoms with Crippen LogP contribution in [-0.4, -0.2) is 35.4 Å². The number of hydrogen-bond donors (Lipinski definition) is 2. The van der Waals surface area contributed by atoms with E-state index >= 15 is 0 Å². The minimum absolute atomic E-state index is 0.139. The third kappa shape index (κ3) is 6.78. The predicted octanol–water partition coefficient (Wildman–Crippen LogP) is 3.49. The first kappa shape index (κ1) is 23.8. The number of halogens is 1. The summed E-state index contributed by atoms with van der Waals surface area (Å²) < 4.78 is 5.04. The van der Waals surface area contributed by atoms with Crippen LogP contribution in [0.5, 0.6) is 0 Å². The molecule has 0 saturated carbocycles. The largest absolute Gasteiger partial charge is 0.454 e. The molecule has 0 spiro atoms. The summed E-state index contributed by atoms with van der Waals surface area (Å²) in [5.74, 6) is -2.23. The molecule has 0 radical (unpaired) electrons. The number of esters is 1. The fourth-order valence-electron chi connectivity index (χ4n) is 2.63. The van der Waals surface area contributed by atoms with Crippen molar-refractivity contribution in [3.8, 4) is 0 Å². The second-order valence-corrected chi connectivity index (χ2v) is 7.55. The molecule has 2 aromatic rings. The van der Waals surface area contributed by atoms with Gasteiger partial charge in [0, 0.05) is 27.9 Å². The average Bonchev–Trinajstić information content (AvgIpc) is 2.71. The molecule has 2 N–H and O–H groups in total. The van der Waals surface area contributed by atoms with Crippen LogP contribution >= 0.6 is 11.6 Å². The van der Waals surface area contributed by atoms with Crippen molar-refractivity contribution >= 4 is 40.8 Å². The van der Waals surface area contributed by atoms with E-state index in [1.807, 2.05) is 0 Å². The molecule has 0 bridgehead atoms. The van der Waals surface area contributed by atoms with Gasteiger partial charge in [0.15, 0.2) is 6.61 Å². The van der Waals surface area contributed by atoms with Crippen LogP contribution in [0.25, 0.3) is 0 Å². The maximum atomic E-state index is 12.4. The predicted molar refractivity (Wildman–Crippen MR) is 115 cm³/mol. The molecule has 0 aliphatic rings. The van der Waals surface area contributed by atoms with Gasteiger partial charge in [0.1, 0.15) is 6.04 Å². The van der Waals surface area contributed by atoms with Crippen molar-refractivity contribution in [1.29, 1.82) is 0 Å². The maximum absolute atomic E-state index is 12.4. The minimum Gasteiger partial charge on any atom is -0.454 e. The number of benzene rings is 2. The summed E-state index contributed by atoms with van der Waals surface area (Å²) in [7, 11) is 0. The van der Waals surface area contributed by atoms with Gasteiger partial charge in [0.05, 0.1) is 4.92 Å². The van der Waals surface area contributed by atoms with Gasteiger partial charge >= 0.3 is 5.97 Å². The number of nitro benzene ring substituents is 1. The molecule has 164 valence electrons. The lowest BCUT2D eigenvalue weighted by Crippen LogP contribution is -2.45. The monoisotopic (exact) mass is 447 g/mol. The van der Waals surface area contributed by atoms with Gasteiger partial charge in [-0.2, -0.15) is 0 Å². The van der Waals surface area contributed by atoms with Gasteiger partial charge in [-0.05, 0) is 43.2 Å². The maximum Gasteiger partial charge on any atom is 0.329 e. The first-order valence-electron chi connectivity index (χ1n) is 9.36. The number of carbonyl (C=O) groups excluding carboxylic acids is 3. The summed E-state index contributed by atoms with van der Waals surface area (Å²) in [6.07, 6.45) is 0. The molecule has 10 heteroatoms. The Kier molecular flexibility index (Phi) is 8.09. The van der Waals surface area contributed by atoms with Crippen molar-refractivity contribution in [2.75, 3.05) is 11.9 Å². The molecule has 0 fully saturated rings. The van der Waals surface area contributed by atoms with Crippen molar-refractivity contribution in [2.24, 2.45) is 5.92 Å². The lowest BCUT2D eigenvalue weighted by molar-refractivity contribution is -0.385. The van der Waals surface area contributed by atoms with E-state index in [0.717, 1.165) is 0 Å². The van der Waals surface area contributed by atoms with Crippen LogP contribution in [0.15, 0.2) is 42.5 Å². The van der Waals surface area contributed by atoms with Crippen molar-refractivity contribution in [3.63, 3.8) is 0 Å². The summed E-state index contributed by atoms with van der Waals surface area (Å²) >= 11 is 5.81. The third-order valence-electron chi connectivity index (χ3n) is 4.35. The number of nitro groups is 1. The molecule has 0 heterocycles. The normalized spacial score (nSPS) is 11.5. The highest BCUT2D eigenvalue weighted by molar-refractivity contribution is 6.30. The first-order chi connectivity index (χ1) is 14.6. The van der Waals surface area contributed by atoms with Gasteiger partial charge in [-0.3, -0.25) is 19.7 Å². The van der Waals surface area contributed by atoms with Crippen LogP contribution in [0.3, 0.4) is 0 Å². The van der Waals surface area contributed by atoms with Crippen LogP contribution in [-0.2, 0) is 14.3 Å². The van der Waals surface area contributed by atoms with Crippen molar-refractivity contribution < 1.29 is 24.0 Å². The lowest BCUT2D eigenvalue weighted by Gasteiger charge is -2.20. The van der Waals surface area contributed by atoms with Crippen LogP contribution in [0.2, 0.25) is 5.02 Å². The van der Waals surface area contributed by atoms with Crippen LogP contribution < -0.4 is 10.6 Å². The van der Waals surface area contributed by atoms with Gasteiger partial charge in [0.25, 0.3) is 17.5 Å². The summed E-state index contributed by atoms with van der Waals surface area (Å²) in [5.41, 5.74) is 0.835. The highest BCUT2D eigenvalue weighted by Gasteiger charge is 2.27. The van der Waals surface area contributed by atoms with E-state index in [0.29, 0.717) is 16.1 Å². The number of hydrogen-bond acceptors (Lipinski definition) is 6. The molecule has 1 unspecified atom stereocenters. The Labute approximate surface area is 183 Å². The average molecular weight is 448 g/mol. The van der Waals surface area contributed by atoms with E-state index in [4.69, 9.17) is 16.3 Å². The molecule has 2 aromatic carbocycles. The zero-order valence-electron chi connectivity index (χ0n) is 17.2. The van der Waals surface area contributed by atoms with Gasteiger partial charge in [-0.15, -0.1) is 0 Å². The van der Waals surface area contributed by atoms with Crippen LogP contribution in [0.1, 0.15) is 29.8 Å². The Morgan fingerprint density at radius 2 is 1.77 bits per heavy atom. The molecule has 0 saturated heterocycles. The van der Waals surface area contributed by atoms with E-state index in [9.17, 15) is 24.5 Å². The van der Waals surface area contributed by atoms with E-state index in [-0.39, 0.29) is 17.3 Å². The molecule has 0 aromatic heterocycles. The van der Waals surface area contributed by atoms with E-state index in [2.05, 4.69) is 10.6 Å². The second kappa shape index (κ2) is 10.5. The Balaban J connectivity index is 1.96. The number of ether oxygens (including phenoxy) is 1. The summed E-state index contributed by atoms with van der Waals surface area (Å²) in [6.45, 7) is 4.41. The summed E-state index contributed by atoms with van der Waals surface area (Å²) in [5, 5.41) is 16.5. The molecular weight excluding hydrogens is 426 g/mol. The molecular formula is C21H22ClN3O6. The number of anilines is 1. The second-order valence-electron chi connectivity index (χ2n) is 7.12. The first-order valence-corrected chi connectivity index (χ1v) is 9.74. The Hall–Kier alpha value is -3.46. The van der Waals surface area contributed by atoms with E-state index in [1.54, 1.807) is 32.9 Å². The molecule has 9 nitrogen and oxygen atoms in total. The quantitative estimate of drug-likeness (QED) is 0.362. The van der Waals surface area contributed by atoms with E-state index in [1.165, 1.54) is 30.3 Å². The Bertz CT molecular complexity index is 991. The number of amides is 2. The fraction of sp³-hybridized carbons (Fsp3) is 0.286. The summed E-state index contributed by atoms with van der Waals surface area (Å²) in [4.78, 5) is 47.3. The number of nitrogens with one attached hydrogen (secondary N) is 2. The number of aryl methyl sites for hydroxylation is 1. The number of carbonyl (C=O) groups is 3. The van der Waals surface area contributed by atoms with Gasteiger partial charge in [0.2, 0.25) is 0 Å². The molecule has 2 amide bonds. The molecule has 0 aliphatic heterocycles. The van der Waals surface area contributed by atoms with Crippen LogP contribution in [0, 0.1) is 23.0 Å². The van der Waals surface area contributed by atoms with Gasteiger partial charge < -0.3 is 15.4 Å². The van der Waals surface area contributed by atoms with Crippen LogP contribution in [0.4, 0.5) is 11.4 Å². The molecule has 31 heavy (non-hydrogen) atoms. The molecule has 2 rings (SSSR count). The standard InChI is InChI=1S/C21H22ClN3O6/c1-12(2)19(24-20(27)14-5-7-15(22)8-6-14)21(28)31-11-18(26)23-16-9-4-13(3)17(10-16)25(29)30/h4-10,12,19H,11H2,1-3H3,(H,23,26)(H,24,27). The lowest BCUT2D eigenvalue weighted by atomic mass is 10.0. The topological polar surface area (TPSA) is 128 Å². The van der Waals surface area contributed by atoms with Crippen molar-refractivity contribution in [1.82, 2.24) is 5.32 Å². The highest BCUT2D eigenvalue weighted by Crippen LogP contribution is 2.22. The zero-order chi connectivity index (χ0) is 23.1. The molecule has 1 atom stereocenters. The Morgan fingerprint density at radius 1 is 1.13 bits per heavy atom. The van der Waals surface area contributed by atoms with Crippen molar-refractivity contribution in [3.05, 3.63) is 68.7 Å². The zero-order valence-corrected chi connectivity index (χ0v) is 17.9. The Morgan fingerprint density at radius 3 is 2.35 bits per heavy atom. The molecule has 0 aliphatic carbocycles. The van der Waals surface area contributed by atoms with Gasteiger partial charge in [-0.1, -0.05) is 31.5 Å². The number of rotatable bonds is 8. The fourth-order valence-corrected chi connectivity index (χ4v) is 2.76. The highest BCUT2D eigenvalue weighted by atomic mass is 35.5. The smallest absolute Gasteiger partial charge is 0.329 e. The van der Waals surface area contributed by atoms with E-state index < -0.39 is 35.4 Å². The summed E-state index contributed by atoms with van der Waals surface area (Å²) in [6, 6.07) is 9.40. The van der Waals surface area contributed by atoms with Gasteiger partial charge in [-0.25, -0.2) is 4.79 Å².